The highest BCUT2D eigenvalue weighted by Crippen LogP contribution is 2.37. The summed E-state index contributed by atoms with van der Waals surface area (Å²) in [7, 11) is -7.07. The van der Waals surface area contributed by atoms with Gasteiger partial charge in [0.2, 0.25) is 0 Å². The van der Waals surface area contributed by atoms with E-state index in [1.165, 1.54) is 10.4 Å². The van der Waals surface area contributed by atoms with Crippen LogP contribution in [-0.2, 0) is 14.8 Å². The second-order valence-corrected chi connectivity index (χ2v) is 13.4. The third-order valence-corrected chi connectivity index (χ3v) is 9.93. The first-order valence-electron chi connectivity index (χ1n) is 10.0. The van der Waals surface area contributed by atoms with Crippen LogP contribution in [0, 0.1) is 5.92 Å². The number of benzene rings is 2. The smallest absolute Gasteiger partial charge is 0.394 e. The summed E-state index contributed by atoms with van der Waals surface area (Å²) in [5, 5.41) is 2.72. The summed E-state index contributed by atoms with van der Waals surface area (Å²) in [6.07, 6.45) is 4.34. The van der Waals surface area contributed by atoms with Crippen molar-refractivity contribution in [3.8, 4) is 0 Å². The van der Waals surface area contributed by atoms with E-state index in [2.05, 4.69) is 101 Å². The maximum Gasteiger partial charge on any atom is 0.394 e. The molecule has 0 spiro atoms. The molecule has 0 fully saturated rings. The standard InChI is InChI=1S/C23H32OSi.H2O4S/c1-6-14-20(7-2)19-24-25(23(3,4)5,21-15-10-8-11-16-21)22-17-12-9-13-18-22;1-5(2,3)4/h7-13,15-18,20H,2,6,14,19H2,1,3-5H3;(H2,1,2,3,4)/t20-;/m1./s1. The minimum absolute atomic E-state index is 0.0354. The first-order chi connectivity index (χ1) is 14.0. The van der Waals surface area contributed by atoms with E-state index in [1.807, 2.05) is 0 Å². The molecule has 2 N–H and O–H groups in total. The summed E-state index contributed by atoms with van der Waals surface area (Å²) < 4.78 is 38.5. The van der Waals surface area contributed by atoms with Crippen molar-refractivity contribution in [1.82, 2.24) is 0 Å². The Morgan fingerprint density at radius 2 is 1.40 bits per heavy atom. The lowest BCUT2D eigenvalue weighted by Crippen LogP contribution is -2.66. The SMILES string of the molecule is C=C[C@H](CCC)CO[Si](c1ccccc1)(c1ccccc1)C(C)(C)C.O=S(=O)(O)O. The molecule has 166 valence electrons. The summed E-state index contributed by atoms with van der Waals surface area (Å²) in [6.45, 7) is 13.9. The minimum Gasteiger partial charge on any atom is -0.407 e. The van der Waals surface area contributed by atoms with E-state index in [0.29, 0.717) is 5.92 Å². The van der Waals surface area contributed by atoms with Gasteiger partial charge in [-0.3, -0.25) is 9.11 Å². The van der Waals surface area contributed by atoms with Crippen LogP contribution >= 0.6 is 0 Å². The Labute approximate surface area is 182 Å². The van der Waals surface area contributed by atoms with Crippen LogP contribution in [-0.4, -0.2) is 32.4 Å². The van der Waals surface area contributed by atoms with E-state index < -0.39 is 18.7 Å². The first kappa shape index (κ1) is 26.3. The molecule has 0 aliphatic heterocycles. The lowest BCUT2D eigenvalue weighted by molar-refractivity contribution is 0.252. The molecule has 5 nitrogen and oxygen atoms in total. The van der Waals surface area contributed by atoms with Gasteiger partial charge in [-0.05, 0) is 27.8 Å². The van der Waals surface area contributed by atoms with E-state index in [-0.39, 0.29) is 5.04 Å². The summed E-state index contributed by atoms with van der Waals surface area (Å²) in [6, 6.07) is 21.7. The Hall–Kier alpha value is -1.77. The molecular weight excluding hydrogens is 416 g/mol. The van der Waals surface area contributed by atoms with Crippen LogP contribution in [0.1, 0.15) is 40.5 Å². The number of hydrogen-bond acceptors (Lipinski definition) is 3. The van der Waals surface area contributed by atoms with Gasteiger partial charge in [0.25, 0.3) is 8.32 Å². The molecule has 0 saturated heterocycles. The Morgan fingerprint density at radius 1 is 1.00 bits per heavy atom. The molecule has 0 aliphatic carbocycles. The molecule has 0 heterocycles. The van der Waals surface area contributed by atoms with Gasteiger partial charge in [-0.1, -0.05) is 101 Å². The topological polar surface area (TPSA) is 83.8 Å². The van der Waals surface area contributed by atoms with Crippen molar-refractivity contribution in [3.63, 3.8) is 0 Å². The van der Waals surface area contributed by atoms with Crippen molar-refractivity contribution in [2.45, 2.75) is 45.6 Å². The zero-order valence-electron chi connectivity index (χ0n) is 18.3. The van der Waals surface area contributed by atoms with Crippen molar-refractivity contribution in [1.29, 1.82) is 0 Å². The van der Waals surface area contributed by atoms with Gasteiger partial charge in [-0.25, -0.2) is 0 Å². The molecule has 2 aromatic rings. The van der Waals surface area contributed by atoms with Crippen molar-refractivity contribution >= 4 is 29.1 Å². The first-order valence-corrected chi connectivity index (χ1v) is 13.3. The van der Waals surface area contributed by atoms with Crippen molar-refractivity contribution in [2.24, 2.45) is 5.92 Å². The average Bonchev–Trinajstić information content (AvgIpc) is 2.67. The van der Waals surface area contributed by atoms with E-state index >= 15 is 0 Å². The predicted molar refractivity (Wildman–Crippen MR) is 126 cm³/mol. The molecule has 30 heavy (non-hydrogen) atoms. The second kappa shape index (κ2) is 11.6. The van der Waals surface area contributed by atoms with E-state index in [0.717, 1.165) is 19.4 Å². The summed E-state index contributed by atoms with van der Waals surface area (Å²) in [5.74, 6) is 0.409. The van der Waals surface area contributed by atoms with Crippen LogP contribution < -0.4 is 10.4 Å². The van der Waals surface area contributed by atoms with Crippen LogP contribution in [0.5, 0.6) is 0 Å². The fourth-order valence-corrected chi connectivity index (χ4v) is 8.25. The predicted octanol–water partition coefficient (Wildman–Crippen LogP) is 4.51. The second-order valence-electron chi connectivity index (χ2n) is 8.21. The zero-order chi connectivity index (χ0) is 22.8. The molecule has 7 heteroatoms. The van der Waals surface area contributed by atoms with Gasteiger partial charge in [0.15, 0.2) is 0 Å². The quantitative estimate of drug-likeness (QED) is 0.351. The highest BCUT2D eigenvalue weighted by Gasteiger charge is 2.50. The molecule has 2 rings (SSSR count). The van der Waals surface area contributed by atoms with Gasteiger partial charge in [0.05, 0.1) is 0 Å². The van der Waals surface area contributed by atoms with E-state index in [9.17, 15) is 0 Å². The Morgan fingerprint density at radius 3 is 1.70 bits per heavy atom. The van der Waals surface area contributed by atoms with E-state index in [1.54, 1.807) is 0 Å². The van der Waals surface area contributed by atoms with E-state index in [4.69, 9.17) is 21.9 Å². The monoisotopic (exact) mass is 450 g/mol. The molecule has 1 atom stereocenters. The maximum atomic E-state index is 8.74. The summed E-state index contributed by atoms with van der Waals surface area (Å²) >= 11 is 0. The molecule has 0 unspecified atom stereocenters. The molecule has 0 saturated carbocycles. The molecule has 0 aromatic heterocycles. The van der Waals surface area contributed by atoms with Crippen molar-refractivity contribution in [2.75, 3.05) is 6.61 Å². The molecule has 2 aromatic carbocycles. The third kappa shape index (κ3) is 7.81. The minimum atomic E-state index is -4.67. The fraction of sp³-hybridized carbons (Fsp3) is 0.391. The van der Waals surface area contributed by atoms with Crippen LogP contribution in [0.4, 0.5) is 0 Å². The summed E-state index contributed by atoms with van der Waals surface area (Å²) in [5.41, 5.74) is 0. The largest absolute Gasteiger partial charge is 0.407 e. The van der Waals surface area contributed by atoms with Crippen LogP contribution in [0.15, 0.2) is 73.3 Å². The summed E-state index contributed by atoms with van der Waals surface area (Å²) in [4.78, 5) is 0. The Bertz CT molecular complexity index is 814. The normalized spacial score (nSPS) is 13.1. The van der Waals surface area contributed by atoms with Gasteiger partial charge >= 0.3 is 10.4 Å². The lowest BCUT2D eigenvalue weighted by Gasteiger charge is -2.43. The lowest BCUT2D eigenvalue weighted by atomic mass is 10.1. The van der Waals surface area contributed by atoms with Crippen molar-refractivity contribution < 1.29 is 21.9 Å². The Kier molecular flexibility index (Phi) is 10.1. The highest BCUT2D eigenvalue weighted by molar-refractivity contribution is 7.79. The third-order valence-electron chi connectivity index (χ3n) is 4.92. The van der Waals surface area contributed by atoms with Gasteiger partial charge < -0.3 is 4.43 Å². The molecular formula is C23H34O5SSi. The van der Waals surface area contributed by atoms with Gasteiger partial charge in [0.1, 0.15) is 0 Å². The van der Waals surface area contributed by atoms with Gasteiger partial charge in [-0.15, -0.1) is 6.58 Å². The van der Waals surface area contributed by atoms with Crippen molar-refractivity contribution in [3.05, 3.63) is 73.3 Å². The Balaban J connectivity index is 0.000000804. The molecule has 0 aliphatic rings. The van der Waals surface area contributed by atoms with Crippen LogP contribution in [0.25, 0.3) is 0 Å². The molecule has 0 bridgehead atoms. The van der Waals surface area contributed by atoms with Gasteiger partial charge in [-0.2, -0.15) is 8.42 Å². The zero-order valence-corrected chi connectivity index (χ0v) is 20.1. The van der Waals surface area contributed by atoms with Gasteiger partial charge in [0, 0.05) is 6.61 Å². The highest BCUT2D eigenvalue weighted by atomic mass is 32.3. The number of hydrogen-bond donors (Lipinski definition) is 2. The average molecular weight is 451 g/mol. The number of rotatable bonds is 8. The fourth-order valence-electron chi connectivity index (χ4n) is 3.63. The van der Waals surface area contributed by atoms with Crippen LogP contribution in [0.2, 0.25) is 5.04 Å². The van der Waals surface area contributed by atoms with Crippen LogP contribution in [0.3, 0.4) is 0 Å². The molecule has 0 radical (unpaired) electrons. The molecule has 0 amide bonds. The maximum absolute atomic E-state index is 8.74.